The lowest BCUT2D eigenvalue weighted by Gasteiger charge is -2.35. The minimum atomic E-state index is -0.672. The second-order valence-corrected chi connectivity index (χ2v) is 10.0. The maximum absolute atomic E-state index is 13.9. The van der Waals surface area contributed by atoms with Crippen molar-refractivity contribution in [3.05, 3.63) is 71.0 Å². The maximum atomic E-state index is 13.9. The van der Waals surface area contributed by atoms with Gasteiger partial charge in [-0.25, -0.2) is 4.39 Å². The van der Waals surface area contributed by atoms with E-state index in [2.05, 4.69) is 32.9 Å². The molecule has 1 spiro atoms. The topological polar surface area (TPSA) is 32.7 Å². The van der Waals surface area contributed by atoms with Gasteiger partial charge in [-0.3, -0.25) is 14.7 Å². The Morgan fingerprint density at radius 3 is 2.26 bits per heavy atom. The van der Waals surface area contributed by atoms with Gasteiger partial charge in [0.05, 0.1) is 0 Å². The summed E-state index contributed by atoms with van der Waals surface area (Å²) in [6.45, 7) is 6.54. The summed E-state index contributed by atoms with van der Waals surface area (Å²) in [5.41, 5.74) is 2.55. The van der Waals surface area contributed by atoms with E-state index in [1.54, 1.807) is 17.0 Å². The fourth-order valence-corrected chi connectivity index (χ4v) is 5.00. The van der Waals surface area contributed by atoms with Gasteiger partial charge in [0.2, 0.25) is 0 Å². The van der Waals surface area contributed by atoms with Crippen molar-refractivity contribution in [2.24, 2.45) is 4.99 Å². The van der Waals surface area contributed by atoms with Crippen molar-refractivity contribution in [2.45, 2.75) is 70.4 Å². The van der Waals surface area contributed by atoms with Gasteiger partial charge in [0.15, 0.2) is 0 Å². The van der Waals surface area contributed by atoms with Crippen LogP contribution in [0.15, 0.2) is 53.5 Å². The van der Waals surface area contributed by atoms with E-state index in [1.807, 2.05) is 12.1 Å². The number of hydrogen-bond acceptors (Lipinski definition) is 3. The molecule has 31 heavy (non-hydrogen) atoms. The Bertz CT molecular complexity index is 1030. The lowest BCUT2D eigenvalue weighted by atomic mass is 9.86. The lowest BCUT2D eigenvalue weighted by Crippen LogP contribution is -2.49. The quantitative estimate of drug-likeness (QED) is 0.507. The molecule has 4 rings (SSSR count). The predicted octanol–water partition coefficient (Wildman–Crippen LogP) is 6.45. The van der Waals surface area contributed by atoms with E-state index < -0.39 is 11.5 Å². The number of carbonyl (C=O) groups is 1. The summed E-state index contributed by atoms with van der Waals surface area (Å²) in [7, 11) is 0. The molecule has 0 bridgehead atoms. The van der Waals surface area contributed by atoms with E-state index in [4.69, 9.17) is 17.2 Å². The molecular weight excluding hydrogens is 407 g/mol. The number of thiocarbonyl (C=S) groups is 1. The van der Waals surface area contributed by atoms with Crippen LogP contribution in [0.3, 0.4) is 0 Å². The Hall–Kier alpha value is -2.40. The largest absolute Gasteiger partial charge is 0.271 e. The monoisotopic (exact) mass is 436 g/mol. The minimum Gasteiger partial charge on any atom is -0.271 e. The number of benzene rings is 2. The average Bonchev–Trinajstić information content (AvgIpc) is 2.86. The van der Waals surface area contributed by atoms with Crippen LogP contribution in [0.2, 0.25) is 0 Å². The fourth-order valence-electron chi connectivity index (χ4n) is 4.58. The Kier molecular flexibility index (Phi) is 5.82. The third-order valence-corrected chi connectivity index (χ3v) is 6.72. The second-order valence-electron chi connectivity index (χ2n) is 9.64. The van der Waals surface area contributed by atoms with Gasteiger partial charge in [-0.2, -0.15) is 0 Å². The molecule has 2 aliphatic rings. The molecule has 2 aromatic rings. The van der Waals surface area contributed by atoms with Crippen molar-refractivity contribution in [1.29, 1.82) is 0 Å². The van der Waals surface area contributed by atoms with Crippen molar-refractivity contribution in [3.8, 4) is 0 Å². The molecule has 1 aliphatic heterocycles. The van der Waals surface area contributed by atoms with Crippen molar-refractivity contribution < 1.29 is 9.18 Å². The lowest BCUT2D eigenvalue weighted by molar-refractivity contribution is 0.0691. The van der Waals surface area contributed by atoms with Crippen LogP contribution in [-0.4, -0.2) is 27.2 Å². The van der Waals surface area contributed by atoms with Crippen LogP contribution in [0, 0.1) is 5.82 Å². The molecule has 1 fully saturated rings. The molecule has 0 N–H and O–H groups in total. The van der Waals surface area contributed by atoms with Gasteiger partial charge in [0.25, 0.3) is 5.91 Å². The van der Waals surface area contributed by atoms with Crippen molar-refractivity contribution in [1.82, 2.24) is 4.90 Å². The summed E-state index contributed by atoms with van der Waals surface area (Å²) < 4.78 is 13.9. The molecule has 0 aromatic heterocycles. The third kappa shape index (κ3) is 4.20. The number of amides is 1. The molecule has 1 heterocycles. The summed E-state index contributed by atoms with van der Waals surface area (Å²) in [5, 5.41) is 0. The van der Waals surface area contributed by atoms with E-state index >= 15 is 0 Å². The van der Waals surface area contributed by atoms with Crippen LogP contribution >= 0.6 is 12.2 Å². The van der Waals surface area contributed by atoms with Gasteiger partial charge >= 0.3 is 0 Å². The zero-order valence-corrected chi connectivity index (χ0v) is 19.3. The highest BCUT2D eigenvalue weighted by Gasteiger charge is 2.48. The number of nitrogens with zero attached hydrogens (tertiary/aromatic N) is 2. The third-order valence-electron chi connectivity index (χ3n) is 6.35. The molecule has 3 nitrogen and oxygen atoms in total. The Balaban J connectivity index is 1.76. The predicted molar refractivity (Wildman–Crippen MR) is 127 cm³/mol. The first-order valence-corrected chi connectivity index (χ1v) is 11.5. The van der Waals surface area contributed by atoms with Crippen LogP contribution < -0.4 is 0 Å². The molecule has 1 amide bonds. The number of carbonyl (C=O) groups excluding carboxylic acids is 1. The van der Waals surface area contributed by atoms with E-state index in [-0.39, 0.29) is 11.3 Å². The number of aliphatic imine (C=N–C) groups is 1. The highest BCUT2D eigenvalue weighted by Crippen LogP contribution is 2.40. The van der Waals surface area contributed by atoms with Crippen LogP contribution in [0.1, 0.15) is 80.8 Å². The molecule has 0 radical (unpaired) electrons. The summed E-state index contributed by atoms with van der Waals surface area (Å²) in [5.74, 6) is -0.693. The van der Waals surface area contributed by atoms with E-state index in [9.17, 15) is 9.18 Å². The molecule has 1 aliphatic carbocycles. The summed E-state index contributed by atoms with van der Waals surface area (Å²) in [4.78, 5) is 20.8. The number of rotatable bonds is 2. The zero-order chi connectivity index (χ0) is 22.2. The molecule has 1 saturated carbocycles. The standard InChI is InChI=1S/C26H29FN2OS/c1-25(2,3)20-13-11-18(12-14-20)22-24(31)29(23(30)19-9-8-10-21(27)17-19)26(28-22)15-6-4-5-7-16-26/h8-14,17H,4-7,15-16H2,1-3H3. The van der Waals surface area contributed by atoms with E-state index in [1.165, 1.54) is 17.7 Å². The van der Waals surface area contributed by atoms with E-state index in [0.717, 1.165) is 44.1 Å². The van der Waals surface area contributed by atoms with Gasteiger partial charge in [-0.15, -0.1) is 0 Å². The SMILES string of the molecule is CC(C)(C)c1ccc(C2=NC3(CCCCCC3)N(C(=O)c3cccc(F)c3)C2=S)cc1. The molecular formula is C26H29FN2OS. The first-order chi connectivity index (χ1) is 14.7. The number of halogens is 1. The van der Waals surface area contributed by atoms with Crippen molar-refractivity contribution in [2.75, 3.05) is 0 Å². The molecule has 0 unspecified atom stereocenters. The Morgan fingerprint density at radius 1 is 1.03 bits per heavy atom. The normalized spacial score (nSPS) is 18.8. The summed E-state index contributed by atoms with van der Waals surface area (Å²) in [6.07, 6.45) is 5.80. The van der Waals surface area contributed by atoms with Gasteiger partial charge in [0, 0.05) is 11.1 Å². The molecule has 2 aromatic carbocycles. The van der Waals surface area contributed by atoms with Gasteiger partial charge in [-0.1, -0.05) is 76.2 Å². The first-order valence-electron chi connectivity index (χ1n) is 11.1. The van der Waals surface area contributed by atoms with Crippen LogP contribution in [-0.2, 0) is 5.41 Å². The second kappa shape index (κ2) is 8.27. The van der Waals surface area contributed by atoms with Crippen molar-refractivity contribution >= 4 is 28.8 Å². The summed E-state index contributed by atoms with van der Waals surface area (Å²) in [6, 6.07) is 14.2. The minimum absolute atomic E-state index is 0.0540. The van der Waals surface area contributed by atoms with Crippen LogP contribution in [0.5, 0.6) is 0 Å². The average molecular weight is 437 g/mol. The van der Waals surface area contributed by atoms with Gasteiger partial charge in [0.1, 0.15) is 22.2 Å². The Morgan fingerprint density at radius 2 is 1.68 bits per heavy atom. The fraction of sp³-hybridized carbons (Fsp3) is 0.423. The highest BCUT2D eigenvalue weighted by molar-refractivity contribution is 7.82. The zero-order valence-electron chi connectivity index (χ0n) is 18.5. The number of hydrogen-bond donors (Lipinski definition) is 0. The molecule has 162 valence electrons. The van der Waals surface area contributed by atoms with Gasteiger partial charge in [-0.05, 0) is 54.9 Å². The molecule has 0 saturated heterocycles. The van der Waals surface area contributed by atoms with Crippen LogP contribution in [0.4, 0.5) is 4.39 Å². The van der Waals surface area contributed by atoms with Gasteiger partial charge < -0.3 is 0 Å². The van der Waals surface area contributed by atoms with Crippen molar-refractivity contribution in [3.63, 3.8) is 0 Å². The first kappa shape index (κ1) is 21.8. The summed E-state index contributed by atoms with van der Waals surface area (Å²) >= 11 is 5.84. The smallest absolute Gasteiger partial charge is 0.261 e. The molecule has 5 heteroatoms. The Labute approximate surface area is 189 Å². The maximum Gasteiger partial charge on any atom is 0.261 e. The molecule has 0 atom stereocenters. The van der Waals surface area contributed by atoms with Crippen LogP contribution in [0.25, 0.3) is 0 Å². The highest BCUT2D eigenvalue weighted by atomic mass is 32.1. The van der Waals surface area contributed by atoms with E-state index in [0.29, 0.717) is 16.3 Å².